The maximum Gasteiger partial charge on any atom is 0.415 e. The number of nitrogens with zero attached hydrogens (tertiary/aromatic N) is 4. The van der Waals surface area contributed by atoms with Gasteiger partial charge >= 0.3 is 6.09 Å². The minimum absolute atomic E-state index is 0.109. The molecule has 192 valence electrons. The van der Waals surface area contributed by atoms with Crippen LogP contribution in [-0.2, 0) is 14.8 Å². The second-order valence-corrected chi connectivity index (χ2v) is 10.7. The predicted octanol–water partition coefficient (Wildman–Crippen LogP) is 5.14. The van der Waals surface area contributed by atoms with E-state index in [0.717, 1.165) is 17.0 Å². The Balaban J connectivity index is 1.85. The molecule has 1 N–H and O–H groups in total. The minimum Gasteiger partial charge on any atom is -0.443 e. The van der Waals surface area contributed by atoms with Gasteiger partial charge in [-0.1, -0.05) is 18.2 Å². The van der Waals surface area contributed by atoms with Gasteiger partial charge in [0.05, 0.1) is 16.9 Å². The highest BCUT2D eigenvalue weighted by molar-refractivity contribution is 7.92. The largest absolute Gasteiger partial charge is 0.443 e. The van der Waals surface area contributed by atoms with Crippen LogP contribution >= 0.6 is 0 Å². The monoisotopic (exact) mass is 527 g/mol. The highest BCUT2D eigenvalue weighted by Gasteiger charge is 2.27. The third-order valence-electron chi connectivity index (χ3n) is 5.10. The smallest absolute Gasteiger partial charge is 0.415 e. The summed E-state index contributed by atoms with van der Waals surface area (Å²) in [5, 5.41) is 0.679. The Labute approximate surface area is 212 Å². The molecule has 0 aliphatic carbocycles. The fourth-order valence-corrected chi connectivity index (χ4v) is 4.59. The van der Waals surface area contributed by atoms with E-state index in [4.69, 9.17) is 4.74 Å². The topological polar surface area (TPSA) is 114 Å². The first-order valence-electron chi connectivity index (χ1n) is 11.0. The van der Waals surface area contributed by atoms with Crippen molar-refractivity contribution in [2.75, 3.05) is 16.7 Å². The number of amides is 1. The summed E-state index contributed by atoms with van der Waals surface area (Å²) >= 11 is 0. The van der Waals surface area contributed by atoms with Crippen molar-refractivity contribution < 1.29 is 26.7 Å². The van der Waals surface area contributed by atoms with E-state index in [1.165, 1.54) is 25.6 Å². The lowest BCUT2D eigenvalue weighted by atomic mass is 10.1. The number of carbonyl (C=O) groups is 1. The number of rotatable bonds is 5. The van der Waals surface area contributed by atoms with Crippen LogP contribution in [0.15, 0.2) is 66.0 Å². The van der Waals surface area contributed by atoms with Crippen molar-refractivity contribution in [2.45, 2.75) is 31.3 Å². The second-order valence-electron chi connectivity index (χ2n) is 9.05. The molecule has 2 heterocycles. The maximum atomic E-state index is 14.4. The molecule has 2 aromatic heterocycles. The summed E-state index contributed by atoms with van der Waals surface area (Å²) in [7, 11) is -3.21. The number of halogens is 2. The Kier molecular flexibility index (Phi) is 6.78. The summed E-state index contributed by atoms with van der Waals surface area (Å²) in [4.78, 5) is 25.8. The van der Waals surface area contributed by atoms with E-state index in [9.17, 15) is 22.0 Å². The summed E-state index contributed by atoms with van der Waals surface area (Å²) in [6, 6.07) is 10.7. The first-order valence-corrected chi connectivity index (χ1v) is 12.5. The zero-order valence-electron chi connectivity index (χ0n) is 20.4. The molecule has 0 atom stereocenters. The molecule has 2 aromatic carbocycles. The van der Waals surface area contributed by atoms with Gasteiger partial charge in [0.25, 0.3) is 10.0 Å². The molecule has 0 fully saturated rings. The molecule has 0 bridgehead atoms. The summed E-state index contributed by atoms with van der Waals surface area (Å²) in [6.07, 6.45) is 1.98. The van der Waals surface area contributed by atoms with Crippen molar-refractivity contribution in [3.8, 4) is 11.3 Å². The van der Waals surface area contributed by atoms with Crippen molar-refractivity contribution in [3.05, 3.63) is 72.7 Å². The lowest BCUT2D eigenvalue weighted by Gasteiger charge is -2.25. The highest BCUT2D eigenvalue weighted by Crippen LogP contribution is 2.33. The average Bonchev–Trinajstić information content (AvgIpc) is 2.81. The molecule has 4 aromatic rings. The minimum atomic E-state index is -4.56. The van der Waals surface area contributed by atoms with Crippen molar-refractivity contribution in [1.29, 1.82) is 0 Å². The Morgan fingerprint density at radius 1 is 1.03 bits per heavy atom. The summed E-state index contributed by atoms with van der Waals surface area (Å²) in [6.45, 7) is 5.03. The number of aromatic nitrogens is 3. The summed E-state index contributed by atoms with van der Waals surface area (Å²) in [5.74, 6) is -2.32. The van der Waals surface area contributed by atoms with Gasteiger partial charge in [0.1, 0.15) is 28.5 Å². The Hall–Kier alpha value is -4.19. The van der Waals surface area contributed by atoms with Crippen LogP contribution in [0.25, 0.3) is 22.2 Å². The molecular formula is C25H23F2N5O4S. The van der Waals surface area contributed by atoms with Gasteiger partial charge < -0.3 is 4.74 Å². The van der Waals surface area contributed by atoms with E-state index < -0.39 is 38.2 Å². The molecular weight excluding hydrogens is 504 g/mol. The number of pyridine rings is 1. The number of fused-ring (bicyclic) bond motifs is 1. The Morgan fingerprint density at radius 2 is 1.76 bits per heavy atom. The molecule has 0 saturated carbocycles. The number of nitrogens with one attached hydrogen (secondary N) is 1. The molecule has 9 nitrogen and oxygen atoms in total. The molecule has 37 heavy (non-hydrogen) atoms. The lowest BCUT2D eigenvalue weighted by molar-refractivity contribution is 0.0588. The molecule has 0 spiro atoms. The van der Waals surface area contributed by atoms with Crippen molar-refractivity contribution in [3.63, 3.8) is 0 Å². The van der Waals surface area contributed by atoms with Crippen LogP contribution in [0.4, 0.5) is 25.1 Å². The molecule has 0 radical (unpaired) electrons. The molecule has 0 aliphatic rings. The lowest BCUT2D eigenvalue weighted by Crippen LogP contribution is -2.35. The van der Waals surface area contributed by atoms with Crippen molar-refractivity contribution in [2.24, 2.45) is 0 Å². The van der Waals surface area contributed by atoms with Crippen molar-refractivity contribution >= 4 is 38.5 Å². The highest BCUT2D eigenvalue weighted by atomic mass is 32.2. The van der Waals surface area contributed by atoms with E-state index in [2.05, 4.69) is 19.7 Å². The fourth-order valence-electron chi connectivity index (χ4n) is 3.47. The van der Waals surface area contributed by atoms with Gasteiger partial charge in [-0.15, -0.1) is 0 Å². The van der Waals surface area contributed by atoms with Gasteiger partial charge in [-0.05, 0) is 45.0 Å². The first kappa shape index (κ1) is 25.9. The molecule has 12 heteroatoms. The third-order valence-corrected chi connectivity index (χ3v) is 6.49. The first-order chi connectivity index (χ1) is 17.4. The number of hydrogen-bond donors (Lipinski definition) is 1. The van der Waals surface area contributed by atoms with Crippen LogP contribution in [0.5, 0.6) is 0 Å². The maximum absolute atomic E-state index is 14.4. The van der Waals surface area contributed by atoms with Crippen LogP contribution in [0.1, 0.15) is 20.8 Å². The molecule has 0 unspecified atom stereocenters. The standard InChI is InChI=1S/C25H23F2N5O4S/c1-25(2,3)36-24(33)32(4)23-20(31-37(34,35)21-10-9-16(26)12-18(21)27)11-15(13-28-23)22-17-7-5-6-8-19(17)29-14-30-22/h5-14,31H,1-4H3. The van der Waals surface area contributed by atoms with Gasteiger partial charge in [0.15, 0.2) is 5.82 Å². The number of benzene rings is 2. The van der Waals surface area contributed by atoms with Crippen LogP contribution < -0.4 is 9.62 Å². The van der Waals surface area contributed by atoms with Crippen molar-refractivity contribution in [1.82, 2.24) is 15.0 Å². The van der Waals surface area contributed by atoms with Gasteiger partial charge in [-0.2, -0.15) is 0 Å². The summed E-state index contributed by atoms with van der Waals surface area (Å²) in [5.41, 5.74) is 0.521. The number of anilines is 2. The number of hydrogen-bond acceptors (Lipinski definition) is 7. The molecule has 1 amide bonds. The number of sulfonamides is 1. The van der Waals surface area contributed by atoms with E-state index >= 15 is 0 Å². The number of carbonyl (C=O) groups excluding carboxylic acids is 1. The van der Waals surface area contributed by atoms with Gasteiger partial charge in [0, 0.05) is 30.3 Å². The fraction of sp³-hybridized carbons (Fsp3) is 0.200. The quantitative estimate of drug-likeness (QED) is 0.382. The predicted molar refractivity (Wildman–Crippen MR) is 135 cm³/mol. The van der Waals surface area contributed by atoms with E-state index in [1.807, 2.05) is 6.07 Å². The van der Waals surface area contributed by atoms with Crippen LogP contribution in [-0.4, -0.2) is 42.1 Å². The SMILES string of the molecule is CN(C(=O)OC(C)(C)C)c1ncc(-c2ncnc3ccccc23)cc1NS(=O)(=O)c1ccc(F)cc1F. The van der Waals surface area contributed by atoms with E-state index in [0.29, 0.717) is 28.2 Å². The number of para-hydroxylation sites is 1. The molecule has 4 rings (SSSR count). The van der Waals surface area contributed by atoms with E-state index in [-0.39, 0.29) is 11.5 Å². The Morgan fingerprint density at radius 3 is 2.46 bits per heavy atom. The molecule has 0 saturated heterocycles. The van der Waals surface area contributed by atoms with Crippen LogP contribution in [0.3, 0.4) is 0 Å². The zero-order valence-corrected chi connectivity index (χ0v) is 21.2. The van der Waals surface area contributed by atoms with Gasteiger partial charge in [0.2, 0.25) is 0 Å². The average molecular weight is 528 g/mol. The summed E-state index contributed by atoms with van der Waals surface area (Å²) < 4.78 is 61.6. The molecule has 0 aliphatic heterocycles. The van der Waals surface area contributed by atoms with Crippen LogP contribution in [0, 0.1) is 11.6 Å². The number of ether oxygens (including phenoxy) is 1. The van der Waals surface area contributed by atoms with Crippen LogP contribution in [0.2, 0.25) is 0 Å². The van der Waals surface area contributed by atoms with Gasteiger partial charge in [-0.25, -0.2) is 36.9 Å². The van der Waals surface area contributed by atoms with Gasteiger partial charge in [-0.3, -0.25) is 9.62 Å². The van der Waals surface area contributed by atoms with E-state index in [1.54, 1.807) is 39.0 Å². The normalized spacial score (nSPS) is 11.8. The second kappa shape index (κ2) is 9.69. The Bertz CT molecular complexity index is 1600. The zero-order chi connectivity index (χ0) is 27.0. The third kappa shape index (κ3) is 5.64.